The number of hydrogen-bond donors (Lipinski definition) is 0. The fourth-order valence-electron chi connectivity index (χ4n) is 4.07. The van der Waals surface area contributed by atoms with Gasteiger partial charge in [-0.1, -0.05) is 82.0 Å². The first-order valence-corrected chi connectivity index (χ1v) is 12.6. The number of unbranched alkanes of at least 4 members (excludes halogenated alkanes) is 5. The maximum Gasteiger partial charge on any atom is 0.306 e. The molecule has 0 N–H and O–H groups in total. The Bertz CT molecular complexity index is 680. The lowest BCUT2D eigenvalue weighted by atomic mass is 9.89. The van der Waals surface area contributed by atoms with E-state index in [9.17, 15) is 9.59 Å². The summed E-state index contributed by atoms with van der Waals surface area (Å²) in [6.07, 6.45) is 15.8. The van der Waals surface area contributed by atoms with Crippen molar-refractivity contribution in [3.8, 4) is 0 Å². The summed E-state index contributed by atoms with van der Waals surface area (Å²) in [4.78, 5) is 24.1. The van der Waals surface area contributed by atoms with E-state index in [1.165, 1.54) is 12.8 Å². The van der Waals surface area contributed by atoms with E-state index < -0.39 is 0 Å². The van der Waals surface area contributed by atoms with Crippen molar-refractivity contribution in [2.45, 2.75) is 97.0 Å². The monoisotopic (exact) mass is 442 g/mol. The molecule has 1 aliphatic carbocycles. The molecule has 4 heteroatoms. The van der Waals surface area contributed by atoms with E-state index >= 15 is 0 Å². The van der Waals surface area contributed by atoms with Crippen molar-refractivity contribution in [2.75, 3.05) is 6.61 Å². The van der Waals surface area contributed by atoms with Gasteiger partial charge in [0.1, 0.15) is 6.10 Å². The van der Waals surface area contributed by atoms with Crippen LogP contribution in [0.15, 0.2) is 42.5 Å². The predicted molar refractivity (Wildman–Crippen MR) is 129 cm³/mol. The molecule has 1 aliphatic rings. The van der Waals surface area contributed by atoms with Crippen molar-refractivity contribution in [3.63, 3.8) is 0 Å². The molecule has 1 aromatic carbocycles. The Labute approximate surface area is 194 Å². The van der Waals surface area contributed by atoms with Crippen LogP contribution in [0.1, 0.15) is 103 Å². The second kappa shape index (κ2) is 15.7. The van der Waals surface area contributed by atoms with Crippen LogP contribution in [-0.2, 0) is 19.1 Å². The lowest BCUT2D eigenvalue weighted by Crippen LogP contribution is -2.15. The van der Waals surface area contributed by atoms with Crippen LogP contribution in [0.3, 0.4) is 0 Å². The molecule has 178 valence electrons. The molecule has 4 nitrogen and oxygen atoms in total. The molecule has 0 heterocycles. The highest BCUT2D eigenvalue weighted by Crippen LogP contribution is 2.31. The summed E-state index contributed by atoms with van der Waals surface area (Å²) in [5.74, 6) is 0.701. The molecule has 32 heavy (non-hydrogen) atoms. The minimum Gasteiger partial charge on any atom is -0.465 e. The maximum atomic E-state index is 12.5. The van der Waals surface area contributed by atoms with Gasteiger partial charge in [0.25, 0.3) is 0 Å². The van der Waals surface area contributed by atoms with E-state index in [1.54, 1.807) is 0 Å². The summed E-state index contributed by atoms with van der Waals surface area (Å²) in [7, 11) is 0. The summed E-state index contributed by atoms with van der Waals surface area (Å²) >= 11 is 0. The zero-order valence-corrected chi connectivity index (χ0v) is 20.1. The minimum absolute atomic E-state index is 0.0851. The molecule has 2 unspecified atom stereocenters. The Morgan fingerprint density at radius 2 is 1.59 bits per heavy atom. The third-order valence-corrected chi connectivity index (χ3v) is 5.91. The van der Waals surface area contributed by atoms with Crippen molar-refractivity contribution in [3.05, 3.63) is 48.0 Å². The largest absolute Gasteiger partial charge is 0.465 e. The van der Waals surface area contributed by atoms with Crippen LogP contribution in [-0.4, -0.2) is 18.5 Å². The molecule has 0 fully saturated rings. The van der Waals surface area contributed by atoms with E-state index in [2.05, 4.69) is 24.3 Å². The average Bonchev–Trinajstić information content (AvgIpc) is 2.80. The van der Waals surface area contributed by atoms with Crippen molar-refractivity contribution in [1.29, 1.82) is 0 Å². The topological polar surface area (TPSA) is 52.6 Å². The van der Waals surface area contributed by atoms with Crippen LogP contribution < -0.4 is 0 Å². The number of carbonyl (C=O) groups is 2. The lowest BCUT2D eigenvalue weighted by Gasteiger charge is -2.24. The Morgan fingerprint density at radius 3 is 2.22 bits per heavy atom. The maximum absolute atomic E-state index is 12.5. The highest BCUT2D eigenvalue weighted by atomic mass is 16.5. The second-order valence-electron chi connectivity index (χ2n) is 9.44. The van der Waals surface area contributed by atoms with Gasteiger partial charge in [-0.2, -0.15) is 0 Å². The molecule has 0 saturated heterocycles. The minimum atomic E-state index is -0.160. The van der Waals surface area contributed by atoms with Gasteiger partial charge in [-0.05, 0) is 55.9 Å². The van der Waals surface area contributed by atoms with Crippen molar-refractivity contribution in [2.24, 2.45) is 11.8 Å². The smallest absolute Gasteiger partial charge is 0.306 e. The Kier molecular flexibility index (Phi) is 12.8. The van der Waals surface area contributed by atoms with Crippen molar-refractivity contribution < 1.29 is 19.1 Å². The summed E-state index contributed by atoms with van der Waals surface area (Å²) in [6.45, 7) is 4.59. The van der Waals surface area contributed by atoms with Crippen LogP contribution in [0.4, 0.5) is 0 Å². The van der Waals surface area contributed by atoms with Gasteiger partial charge >= 0.3 is 11.9 Å². The fourth-order valence-corrected chi connectivity index (χ4v) is 4.07. The van der Waals surface area contributed by atoms with Crippen LogP contribution >= 0.6 is 0 Å². The zero-order valence-electron chi connectivity index (χ0n) is 20.1. The Balaban J connectivity index is 1.60. The second-order valence-corrected chi connectivity index (χ2v) is 9.44. The zero-order chi connectivity index (χ0) is 23.0. The van der Waals surface area contributed by atoms with Gasteiger partial charge in [0.15, 0.2) is 0 Å². The van der Waals surface area contributed by atoms with Crippen LogP contribution in [0, 0.1) is 11.8 Å². The number of carbonyl (C=O) groups excluding carboxylic acids is 2. The number of benzene rings is 1. The molecule has 0 radical (unpaired) electrons. The molecule has 0 aromatic heterocycles. The van der Waals surface area contributed by atoms with E-state index in [0.29, 0.717) is 31.3 Å². The van der Waals surface area contributed by atoms with Gasteiger partial charge in [0.05, 0.1) is 6.61 Å². The lowest BCUT2D eigenvalue weighted by molar-refractivity contribution is -0.150. The average molecular weight is 443 g/mol. The van der Waals surface area contributed by atoms with E-state index in [4.69, 9.17) is 9.47 Å². The molecule has 0 amide bonds. The van der Waals surface area contributed by atoms with Gasteiger partial charge < -0.3 is 9.47 Å². The number of allylic oxidation sites excluding steroid dienone is 2. The van der Waals surface area contributed by atoms with E-state index in [0.717, 1.165) is 56.9 Å². The summed E-state index contributed by atoms with van der Waals surface area (Å²) in [5, 5.41) is 0. The van der Waals surface area contributed by atoms with E-state index in [1.807, 2.05) is 32.0 Å². The molecular formula is C28H42O4. The summed E-state index contributed by atoms with van der Waals surface area (Å²) in [6, 6.07) is 10.1. The third kappa shape index (κ3) is 11.5. The first kappa shape index (κ1) is 26.2. The number of esters is 2. The molecule has 0 bridgehead atoms. The predicted octanol–water partition coefficient (Wildman–Crippen LogP) is 7.34. The molecule has 0 saturated carbocycles. The Morgan fingerprint density at radius 1 is 0.938 bits per heavy atom. The first-order valence-electron chi connectivity index (χ1n) is 12.6. The van der Waals surface area contributed by atoms with Gasteiger partial charge in [-0.3, -0.25) is 9.59 Å². The standard InChI is InChI=1S/C28H42O4/c1-23(2)22-31-27(29)19-13-5-3-4-6-14-20-28(30)32-26(25-17-11-8-12-18-25)21-24-15-9-7-10-16-24/h8-9,11-12,15,17-18,23-24,26H,3-7,10,13-14,16,19-22H2,1-2H3. The highest BCUT2D eigenvalue weighted by molar-refractivity contribution is 5.69. The van der Waals surface area contributed by atoms with Crippen molar-refractivity contribution >= 4 is 11.9 Å². The molecule has 2 atom stereocenters. The SMILES string of the molecule is CC(C)COC(=O)CCCCCCCCC(=O)OC(CC1C=CCCC1)c1ccccc1. The quantitative estimate of drug-likeness (QED) is 0.162. The normalized spacial score (nSPS) is 16.7. The molecular weight excluding hydrogens is 400 g/mol. The number of rotatable bonds is 15. The van der Waals surface area contributed by atoms with Crippen LogP contribution in [0.25, 0.3) is 0 Å². The van der Waals surface area contributed by atoms with Gasteiger partial charge in [0.2, 0.25) is 0 Å². The number of ether oxygens (including phenoxy) is 2. The molecule has 2 rings (SSSR count). The van der Waals surface area contributed by atoms with Gasteiger partial charge in [-0.15, -0.1) is 0 Å². The van der Waals surface area contributed by atoms with Crippen LogP contribution in [0.5, 0.6) is 0 Å². The third-order valence-electron chi connectivity index (χ3n) is 5.91. The van der Waals surface area contributed by atoms with Crippen molar-refractivity contribution in [1.82, 2.24) is 0 Å². The van der Waals surface area contributed by atoms with Gasteiger partial charge in [-0.25, -0.2) is 0 Å². The summed E-state index contributed by atoms with van der Waals surface area (Å²) in [5.41, 5.74) is 1.09. The molecule has 0 spiro atoms. The molecule has 0 aliphatic heterocycles. The molecule has 1 aromatic rings. The van der Waals surface area contributed by atoms with Gasteiger partial charge in [0, 0.05) is 12.8 Å². The highest BCUT2D eigenvalue weighted by Gasteiger charge is 2.21. The number of hydrogen-bond acceptors (Lipinski definition) is 4. The first-order chi connectivity index (χ1) is 15.5. The summed E-state index contributed by atoms with van der Waals surface area (Å²) < 4.78 is 11.1. The van der Waals surface area contributed by atoms with E-state index in [-0.39, 0.29) is 18.0 Å². The fraction of sp³-hybridized carbons (Fsp3) is 0.643. The Hall–Kier alpha value is -2.10. The van der Waals surface area contributed by atoms with Crippen LogP contribution in [0.2, 0.25) is 0 Å².